The van der Waals surface area contributed by atoms with Crippen LogP contribution in [0, 0.1) is 11.8 Å². The number of nitrogens with one attached hydrogen (secondary N) is 1. The van der Waals surface area contributed by atoms with Gasteiger partial charge in [0.15, 0.2) is 0 Å². The lowest BCUT2D eigenvalue weighted by Gasteiger charge is -2.37. The van der Waals surface area contributed by atoms with Gasteiger partial charge < -0.3 is 10.4 Å². The Balaban J connectivity index is 1.71. The van der Waals surface area contributed by atoms with E-state index in [0.29, 0.717) is 12.6 Å². The maximum Gasteiger partial charge on any atom is 0.0587 e. The van der Waals surface area contributed by atoms with E-state index < -0.39 is 0 Å². The van der Waals surface area contributed by atoms with E-state index in [2.05, 4.69) is 5.32 Å². The number of hydrogen-bond donors (Lipinski definition) is 2. The largest absolute Gasteiger partial charge is 0.395 e. The highest BCUT2D eigenvalue weighted by Crippen LogP contribution is 2.37. The summed E-state index contributed by atoms with van der Waals surface area (Å²) in [7, 11) is 0. The van der Waals surface area contributed by atoms with Crippen LogP contribution in [0.2, 0.25) is 0 Å². The Labute approximate surface area is 61.6 Å². The molecule has 2 aliphatic rings. The molecular formula is C8H15NO. The van der Waals surface area contributed by atoms with E-state index in [9.17, 15) is 0 Å². The average Bonchev–Trinajstić information content (AvgIpc) is 2.64. The van der Waals surface area contributed by atoms with Crippen LogP contribution in [0.5, 0.6) is 0 Å². The predicted octanol–water partition coefficient (Wildman–Crippen LogP) is 0.367. The molecule has 10 heavy (non-hydrogen) atoms. The van der Waals surface area contributed by atoms with Gasteiger partial charge in [0.1, 0.15) is 0 Å². The summed E-state index contributed by atoms with van der Waals surface area (Å²) < 4.78 is 0. The van der Waals surface area contributed by atoms with Gasteiger partial charge in [-0.1, -0.05) is 12.8 Å². The van der Waals surface area contributed by atoms with E-state index in [-0.39, 0.29) is 0 Å². The Morgan fingerprint density at radius 2 is 2.20 bits per heavy atom. The van der Waals surface area contributed by atoms with Crippen molar-refractivity contribution >= 4 is 0 Å². The van der Waals surface area contributed by atoms with Gasteiger partial charge in [0.2, 0.25) is 0 Å². The van der Waals surface area contributed by atoms with Gasteiger partial charge in [-0.15, -0.1) is 0 Å². The molecule has 2 nitrogen and oxygen atoms in total. The topological polar surface area (TPSA) is 32.3 Å². The summed E-state index contributed by atoms with van der Waals surface area (Å²) in [6, 6.07) is 0.431. The van der Waals surface area contributed by atoms with Gasteiger partial charge in [-0.05, 0) is 24.8 Å². The molecular weight excluding hydrogens is 126 g/mol. The molecule has 0 spiro atoms. The van der Waals surface area contributed by atoms with Crippen molar-refractivity contribution in [1.82, 2.24) is 5.32 Å². The maximum absolute atomic E-state index is 8.83. The van der Waals surface area contributed by atoms with Gasteiger partial charge in [-0.25, -0.2) is 0 Å². The summed E-state index contributed by atoms with van der Waals surface area (Å²) in [4.78, 5) is 0. The second kappa shape index (κ2) is 2.51. The summed E-state index contributed by atoms with van der Waals surface area (Å²) in [6.45, 7) is 1.47. The van der Waals surface area contributed by atoms with Crippen molar-refractivity contribution in [2.24, 2.45) is 11.8 Å². The molecule has 0 amide bonds. The Morgan fingerprint density at radius 3 is 2.60 bits per heavy atom. The Kier molecular flexibility index (Phi) is 1.66. The second-order valence-corrected chi connectivity index (χ2v) is 3.64. The van der Waals surface area contributed by atoms with E-state index in [0.717, 1.165) is 18.4 Å². The third-order valence-corrected chi connectivity index (χ3v) is 2.74. The molecule has 0 aromatic carbocycles. The fourth-order valence-corrected chi connectivity index (χ4v) is 1.69. The Morgan fingerprint density at radius 1 is 1.40 bits per heavy atom. The molecule has 1 saturated heterocycles. The van der Waals surface area contributed by atoms with Crippen molar-refractivity contribution in [1.29, 1.82) is 0 Å². The molecule has 1 saturated carbocycles. The highest BCUT2D eigenvalue weighted by atomic mass is 16.3. The average molecular weight is 141 g/mol. The number of aliphatic hydroxyl groups is 1. The quantitative estimate of drug-likeness (QED) is 0.595. The molecule has 0 unspecified atom stereocenters. The molecule has 0 aromatic heterocycles. The van der Waals surface area contributed by atoms with Crippen LogP contribution in [0.3, 0.4) is 0 Å². The number of hydrogen-bond acceptors (Lipinski definition) is 2. The zero-order valence-corrected chi connectivity index (χ0v) is 6.21. The summed E-state index contributed by atoms with van der Waals surface area (Å²) in [5.74, 6) is 1.80. The van der Waals surface area contributed by atoms with Crippen LogP contribution >= 0.6 is 0 Å². The first-order chi connectivity index (χ1) is 4.90. The summed E-state index contributed by atoms with van der Waals surface area (Å²) in [5, 5.41) is 12.1. The predicted molar refractivity (Wildman–Crippen MR) is 39.7 cm³/mol. The molecule has 1 aliphatic heterocycles. The molecule has 2 atom stereocenters. The minimum absolute atomic E-state index is 0.331. The Bertz CT molecular complexity index is 120. The normalized spacial score (nSPS) is 39.3. The van der Waals surface area contributed by atoms with Crippen LogP contribution in [0.15, 0.2) is 0 Å². The smallest absolute Gasteiger partial charge is 0.0587 e. The van der Waals surface area contributed by atoms with E-state index in [1.54, 1.807) is 0 Å². The molecule has 2 N–H and O–H groups in total. The molecule has 0 aromatic rings. The second-order valence-electron chi connectivity index (χ2n) is 3.64. The summed E-state index contributed by atoms with van der Waals surface area (Å²) in [5.41, 5.74) is 0. The zero-order chi connectivity index (χ0) is 6.97. The molecule has 0 radical (unpaired) electrons. The first-order valence-electron chi connectivity index (χ1n) is 4.24. The molecule has 1 heterocycles. The van der Waals surface area contributed by atoms with Crippen LogP contribution in [-0.4, -0.2) is 24.3 Å². The lowest BCUT2D eigenvalue weighted by Crippen LogP contribution is -2.55. The third-order valence-electron chi connectivity index (χ3n) is 2.74. The van der Waals surface area contributed by atoms with Crippen molar-refractivity contribution in [3.05, 3.63) is 0 Å². The maximum atomic E-state index is 8.83. The van der Waals surface area contributed by atoms with Gasteiger partial charge >= 0.3 is 0 Å². The Hall–Kier alpha value is -0.0800. The lowest BCUT2D eigenvalue weighted by molar-refractivity contribution is 0.125. The van der Waals surface area contributed by atoms with Gasteiger partial charge in [0.05, 0.1) is 6.61 Å². The molecule has 0 bridgehead atoms. The summed E-state index contributed by atoms with van der Waals surface area (Å²) >= 11 is 0. The first kappa shape index (κ1) is 6.62. The van der Waals surface area contributed by atoms with Crippen molar-refractivity contribution in [2.45, 2.75) is 25.3 Å². The minimum atomic E-state index is 0.331. The van der Waals surface area contributed by atoms with Gasteiger partial charge in [0.25, 0.3) is 0 Å². The zero-order valence-electron chi connectivity index (χ0n) is 6.21. The summed E-state index contributed by atoms with van der Waals surface area (Å²) in [6.07, 6.45) is 4.24. The third kappa shape index (κ3) is 1.18. The van der Waals surface area contributed by atoms with E-state index in [4.69, 9.17) is 5.11 Å². The monoisotopic (exact) mass is 141 g/mol. The van der Waals surface area contributed by atoms with Crippen LogP contribution in [0.4, 0.5) is 0 Å². The van der Waals surface area contributed by atoms with E-state index in [1.165, 1.54) is 19.3 Å². The molecule has 58 valence electrons. The van der Waals surface area contributed by atoms with Crippen LogP contribution in [-0.2, 0) is 0 Å². The number of rotatable bonds is 3. The number of aliphatic hydroxyl groups excluding tert-OH is 1. The van der Waals surface area contributed by atoms with Crippen LogP contribution < -0.4 is 5.32 Å². The van der Waals surface area contributed by atoms with Crippen LogP contribution in [0.1, 0.15) is 19.3 Å². The van der Waals surface area contributed by atoms with Crippen molar-refractivity contribution < 1.29 is 5.11 Å². The van der Waals surface area contributed by atoms with Crippen molar-refractivity contribution in [2.75, 3.05) is 13.2 Å². The highest BCUT2D eigenvalue weighted by molar-refractivity contribution is 4.91. The molecule has 1 aliphatic carbocycles. The minimum Gasteiger partial charge on any atom is -0.395 e. The van der Waals surface area contributed by atoms with E-state index >= 15 is 0 Å². The lowest BCUT2D eigenvalue weighted by atomic mass is 9.87. The molecule has 2 fully saturated rings. The standard InChI is InChI=1S/C8H15NO/c10-5-8-7(4-9-8)3-6-1-2-6/h6-10H,1-5H2/t7-,8+/m0/s1. The van der Waals surface area contributed by atoms with Gasteiger partial charge in [-0.2, -0.15) is 0 Å². The van der Waals surface area contributed by atoms with E-state index in [1.807, 2.05) is 0 Å². The highest BCUT2D eigenvalue weighted by Gasteiger charge is 2.34. The molecule has 2 heteroatoms. The fourth-order valence-electron chi connectivity index (χ4n) is 1.69. The fraction of sp³-hybridized carbons (Fsp3) is 1.00. The molecule has 2 rings (SSSR count). The van der Waals surface area contributed by atoms with Crippen molar-refractivity contribution in [3.8, 4) is 0 Å². The van der Waals surface area contributed by atoms with Gasteiger partial charge in [0, 0.05) is 6.04 Å². The van der Waals surface area contributed by atoms with Crippen LogP contribution in [0.25, 0.3) is 0 Å². The van der Waals surface area contributed by atoms with Crippen molar-refractivity contribution in [3.63, 3.8) is 0 Å². The first-order valence-corrected chi connectivity index (χ1v) is 4.24. The SMILES string of the molecule is OC[C@H]1NC[C@@H]1CC1CC1. The van der Waals surface area contributed by atoms with Gasteiger partial charge in [-0.3, -0.25) is 0 Å².